The third-order valence-corrected chi connectivity index (χ3v) is 15.3. The number of fused-ring (bicyclic) bond motifs is 13. The molecular formula is C57H36N2S2. The first-order chi connectivity index (χ1) is 30.3. The van der Waals surface area contributed by atoms with E-state index in [1.807, 2.05) is 22.7 Å². The fourth-order valence-electron chi connectivity index (χ4n) is 10.3. The Morgan fingerprint density at radius 1 is 0.377 bits per heavy atom. The van der Waals surface area contributed by atoms with Gasteiger partial charge in [-0.25, -0.2) is 0 Å². The molecule has 11 aromatic rings. The van der Waals surface area contributed by atoms with Gasteiger partial charge in [0.2, 0.25) is 0 Å². The lowest BCUT2D eigenvalue weighted by Gasteiger charge is -2.32. The zero-order valence-electron chi connectivity index (χ0n) is 33.0. The molecule has 0 unspecified atom stereocenters. The Labute approximate surface area is 362 Å². The SMILES string of the molecule is c1ccc(-c2ccc(N(c3ccc4c(c3)C3(c5ccccc5-c5ccccc53)c3ccccc3-4)c3ccc(-c4cc5c(s4)c4ccccc4n5-c4ccccc4)s3)cc2)cc1. The number of para-hydroxylation sites is 2. The van der Waals surface area contributed by atoms with Gasteiger partial charge in [0.1, 0.15) is 5.00 Å². The van der Waals surface area contributed by atoms with E-state index >= 15 is 0 Å². The zero-order chi connectivity index (χ0) is 40.1. The number of benzene rings is 8. The van der Waals surface area contributed by atoms with Crippen molar-refractivity contribution in [1.29, 1.82) is 0 Å². The molecule has 0 aliphatic heterocycles. The number of anilines is 3. The van der Waals surface area contributed by atoms with E-state index in [2.05, 4.69) is 228 Å². The van der Waals surface area contributed by atoms with E-state index in [-0.39, 0.29) is 0 Å². The molecule has 0 bridgehead atoms. The molecule has 4 heteroatoms. The number of hydrogen-bond acceptors (Lipinski definition) is 3. The van der Waals surface area contributed by atoms with Crippen molar-refractivity contribution in [2.24, 2.45) is 0 Å². The minimum atomic E-state index is -0.420. The topological polar surface area (TPSA) is 8.17 Å². The van der Waals surface area contributed by atoms with Crippen LogP contribution in [0.5, 0.6) is 0 Å². The van der Waals surface area contributed by atoms with Crippen LogP contribution in [0.25, 0.3) is 69.9 Å². The smallest absolute Gasteiger partial charge is 0.101 e. The van der Waals surface area contributed by atoms with E-state index in [0.29, 0.717) is 0 Å². The van der Waals surface area contributed by atoms with Crippen LogP contribution < -0.4 is 4.90 Å². The summed E-state index contributed by atoms with van der Waals surface area (Å²) in [6.07, 6.45) is 0. The van der Waals surface area contributed by atoms with Gasteiger partial charge in [-0.1, -0.05) is 158 Å². The van der Waals surface area contributed by atoms with Gasteiger partial charge in [-0.3, -0.25) is 0 Å². The number of hydrogen-bond donors (Lipinski definition) is 0. The Morgan fingerprint density at radius 2 is 0.934 bits per heavy atom. The molecule has 0 saturated carbocycles. The van der Waals surface area contributed by atoms with Crippen molar-refractivity contribution in [2.75, 3.05) is 4.90 Å². The van der Waals surface area contributed by atoms with E-state index in [1.54, 1.807) is 0 Å². The van der Waals surface area contributed by atoms with Gasteiger partial charge in [-0.15, -0.1) is 22.7 Å². The lowest BCUT2D eigenvalue weighted by molar-refractivity contribution is 0.793. The van der Waals surface area contributed by atoms with Gasteiger partial charge < -0.3 is 9.47 Å². The lowest BCUT2D eigenvalue weighted by atomic mass is 9.70. The van der Waals surface area contributed by atoms with Crippen molar-refractivity contribution in [1.82, 2.24) is 4.57 Å². The Kier molecular flexibility index (Phi) is 7.59. The molecular weight excluding hydrogens is 777 g/mol. The van der Waals surface area contributed by atoms with Gasteiger partial charge in [0.25, 0.3) is 0 Å². The van der Waals surface area contributed by atoms with Gasteiger partial charge in [0.05, 0.1) is 21.1 Å². The van der Waals surface area contributed by atoms with Crippen molar-refractivity contribution in [3.63, 3.8) is 0 Å². The molecule has 0 saturated heterocycles. The number of nitrogens with zero attached hydrogens (tertiary/aromatic N) is 2. The summed E-state index contributed by atoms with van der Waals surface area (Å²) in [5.41, 5.74) is 18.6. The largest absolute Gasteiger partial charge is 0.308 e. The molecule has 2 nitrogen and oxygen atoms in total. The highest BCUT2D eigenvalue weighted by atomic mass is 32.1. The summed E-state index contributed by atoms with van der Waals surface area (Å²) in [5, 5.41) is 2.46. The first-order valence-electron chi connectivity index (χ1n) is 20.8. The molecule has 3 heterocycles. The second kappa shape index (κ2) is 13.4. The average molecular weight is 813 g/mol. The van der Waals surface area contributed by atoms with Crippen molar-refractivity contribution in [3.8, 4) is 48.8 Å². The predicted molar refractivity (Wildman–Crippen MR) is 258 cm³/mol. The molecule has 0 atom stereocenters. The quantitative estimate of drug-likeness (QED) is 0.162. The molecule has 13 rings (SSSR count). The van der Waals surface area contributed by atoms with E-state index in [0.717, 1.165) is 11.4 Å². The first kappa shape index (κ1) is 34.6. The van der Waals surface area contributed by atoms with Crippen molar-refractivity contribution < 1.29 is 0 Å². The monoisotopic (exact) mass is 812 g/mol. The standard InChI is InChI=1S/C57H36N2S2/c1-3-15-37(16-4-1)38-27-29-40(30-28-38)58(55-34-33-53(60-55)54-36-52-56(61-54)46-22-10-14-26-51(46)59(52)39-17-5-2-6-18-39)41-31-32-45-44-21-9-13-25-49(44)57(50(45)35-41)47-23-11-7-19-42(47)43-20-8-12-24-48(43)57/h1-36H. The maximum atomic E-state index is 2.49. The van der Waals surface area contributed by atoms with Gasteiger partial charge in [0, 0.05) is 32.2 Å². The van der Waals surface area contributed by atoms with Gasteiger partial charge in [-0.05, 0) is 116 Å². The van der Waals surface area contributed by atoms with Crippen LogP contribution >= 0.6 is 22.7 Å². The third-order valence-electron chi connectivity index (χ3n) is 12.9. The summed E-state index contributed by atoms with van der Waals surface area (Å²) in [6, 6.07) is 80.7. The van der Waals surface area contributed by atoms with Crippen LogP contribution in [0.1, 0.15) is 22.3 Å². The summed E-state index contributed by atoms with van der Waals surface area (Å²) in [4.78, 5) is 5.01. The number of thiophene rings is 2. The van der Waals surface area contributed by atoms with Crippen LogP contribution in [-0.4, -0.2) is 4.57 Å². The third kappa shape index (κ3) is 5.01. The van der Waals surface area contributed by atoms with Crippen LogP contribution in [0.15, 0.2) is 218 Å². The second-order valence-electron chi connectivity index (χ2n) is 16.0. The molecule has 0 N–H and O–H groups in total. The van der Waals surface area contributed by atoms with E-state index < -0.39 is 5.41 Å². The van der Waals surface area contributed by atoms with E-state index in [1.165, 1.54) is 97.2 Å². The fourth-order valence-corrected chi connectivity index (χ4v) is 12.7. The van der Waals surface area contributed by atoms with Crippen molar-refractivity contribution in [2.45, 2.75) is 5.41 Å². The molecule has 3 aromatic heterocycles. The maximum absolute atomic E-state index is 2.49. The number of aromatic nitrogens is 1. The molecule has 1 spiro atoms. The van der Waals surface area contributed by atoms with E-state index in [9.17, 15) is 0 Å². The summed E-state index contributed by atoms with van der Waals surface area (Å²) < 4.78 is 3.73. The fraction of sp³-hybridized carbons (Fsp3) is 0.0175. The molecule has 0 fully saturated rings. The highest BCUT2D eigenvalue weighted by Gasteiger charge is 2.51. The van der Waals surface area contributed by atoms with Crippen molar-refractivity contribution in [3.05, 3.63) is 241 Å². The summed E-state index contributed by atoms with van der Waals surface area (Å²) in [7, 11) is 0. The highest BCUT2D eigenvalue weighted by molar-refractivity contribution is 7.27. The Hall–Kier alpha value is -7.24. The predicted octanol–water partition coefficient (Wildman–Crippen LogP) is 16.1. The maximum Gasteiger partial charge on any atom is 0.101 e. The Bertz CT molecular complexity index is 3420. The highest BCUT2D eigenvalue weighted by Crippen LogP contribution is 2.63. The average Bonchev–Trinajstić information content (AvgIpc) is 4.15. The molecule has 61 heavy (non-hydrogen) atoms. The first-order valence-corrected chi connectivity index (χ1v) is 22.5. The van der Waals surface area contributed by atoms with E-state index in [4.69, 9.17) is 0 Å². The van der Waals surface area contributed by atoms with Gasteiger partial charge in [-0.2, -0.15) is 0 Å². The molecule has 0 amide bonds. The minimum absolute atomic E-state index is 0.420. The van der Waals surface area contributed by atoms with Crippen LogP contribution in [0.4, 0.5) is 16.4 Å². The van der Waals surface area contributed by atoms with Crippen LogP contribution in [0, 0.1) is 0 Å². The molecule has 2 aliphatic rings. The lowest BCUT2D eigenvalue weighted by Crippen LogP contribution is -2.26. The van der Waals surface area contributed by atoms with Gasteiger partial charge >= 0.3 is 0 Å². The molecule has 286 valence electrons. The molecule has 0 radical (unpaired) electrons. The van der Waals surface area contributed by atoms with Crippen LogP contribution in [0.3, 0.4) is 0 Å². The summed E-state index contributed by atoms with van der Waals surface area (Å²) in [5.74, 6) is 0. The van der Waals surface area contributed by atoms with Gasteiger partial charge in [0.15, 0.2) is 0 Å². The molecule has 2 aliphatic carbocycles. The molecule has 8 aromatic carbocycles. The van der Waals surface area contributed by atoms with Crippen LogP contribution in [0.2, 0.25) is 0 Å². The second-order valence-corrected chi connectivity index (χ2v) is 18.1. The normalized spacial score (nSPS) is 13.0. The number of rotatable bonds is 6. The summed E-state index contributed by atoms with van der Waals surface area (Å²) in [6.45, 7) is 0. The van der Waals surface area contributed by atoms with Crippen molar-refractivity contribution >= 4 is 60.2 Å². The summed E-state index contributed by atoms with van der Waals surface area (Å²) >= 11 is 3.75. The zero-order valence-corrected chi connectivity index (χ0v) is 34.6. The Morgan fingerprint density at radius 3 is 1.62 bits per heavy atom. The Balaban J connectivity index is 0.998. The van der Waals surface area contributed by atoms with Crippen LogP contribution in [-0.2, 0) is 5.41 Å². The minimum Gasteiger partial charge on any atom is -0.308 e.